The Hall–Kier alpha value is -2.89. The maximum Gasteiger partial charge on any atom is 0.490 e. The number of piperidine rings is 1. The molecule has 0 saturated carbocycles. The molecule has 0 radical (unpaired) electrons. The Kier molecular flexibility index (Phi) is 7.54. The number of amides is 3. The van der Waals surface area contributed by atoms with Crippen LogP contribution < -0.4 is 0 Å². The first-order valence-electron chi connectivity index (χ1n) is 10.3. The number of rotatable bonds is 2. The van der Waals surface area contributed by atoms with Crippen molar-refractivity contribution in [2.24, 2.45) is 0 Å². The summed E-state index contributed by atoms with van der Waals surface area (Å²) in [7, 11) is 0. The average molecular weight is 458 g/mol. The van der Waals surface area contributed by atoms with Gasteiger partial charge in [-0.1, -0.05) is 6.07 Å². The molecule has 3 aliphatic heterocycles. The summed E-state index contributed by atoms with van der Waals surface area (Å²) in [6.45, 7) is 3.84. The number of carboxylic acids is 1. The van der Waals surface area contributed by atoms with E-state index < -0.39 is 12.1 Å². The minimum atomic E-state index is -5.08. The molecule has 3 amide bonds. The van der Waals surface area contributed by atoms with Crippen molar-refractivity contribution in [2.75, 3.05) is 32.8 Å². The fourth-order valence-corrected chi connectivity index (χ4v) is 4.22. The molecule has 3 fully saturated rings. The van der Waals surface area contributed by atoms with Crippen LogP contribution in [0, 0.1) is 0 Å². The SMILES string of the molecule is O=C(O)C(F)(F)F.O=C1CC[C@H]2[C@H](CCN2C(=O)N2CCOCC2)N1Cc1cccnc1. The van der Waals surface area contributed by atoms with E-state index in [1.54, 1.807) is 6.20 Å². The number of morpholine rings is 1. The van der Waals surface area contributed by atoms with Crippen LogP contribution in [0.4, 0.5) is 18.0 Å². The Balaban J connectivity index is 0.000000360. The van der Waals surface area contributed by atoms with Crippen molar-refractivity contribution < 1.29 is 37.4 Å². The van der Waals surface area contributed by atoms with Crippen LogP contribution in [0.1, 0.15) is 24.8 Å². The van der Waals surface area contributed by atoms with E-state index in [0.29, 0.717) is 39.3 Å². The molecule has 0 bridgehead atoms. The summed E-state index contributed by atoms with van der Waals surface area (Å²) in [5.74, 6) is -2.57. The third-order valence-corrected chi connectivity index (χ3v) is 5.73. The maximum absolute atomic E-state index is 12.9. The summed E-state index contributed by atoms with van der Waals surface area (Å²) in [5, 5.41) is 7.12. The smallest absolute Gasteiger partial charge is 0.475 e. The lowest BCUT2D eigenvalue weighted by Gasteiger charge is -2.41. The zero-order valence-corrected chi connectivity index (χ0v) is 17.3. The molecule has 2 atom stereocenters. The van der Waals surface area contributed by atoms with E-state index in [1.165, 1.54) is 0 Å². The molecule has 32 heavy (non-hydrogen) atoms. The summed E-state index contributed by atoms with van der Waals surface area (Å²) in [6, 6.07) is 4.24. The zero-order valence-electron chi connectivity index (χ0n) is 17.3. The number of likely N-dealkylation sites (tertiary alicyclic amines) is 2. The standard InChI is InChI=1S/C18H24N4O3.C2HF3O2/c23-17-4-3-15-16(22(17)13-14-2-1-6-19-12-14)5-7-21(15)18(24)20-8-10-25-11-9-20;3-2(4,5)1(6)7/h1-2,6,12,15-16H,3-5,7-11,13H2;(H,6,7)/t15-,16-;/m0./s1. The summed E-state index contributed by atoms with van der Waals surface area (Å²) in [4.78, 5) is 44.2. The van der Waals surface area contributed by atoms with Gasteiger partial charge in [-0.3, -0.25) is 9.78 Å². The number of carbonyl (C=O) groups is 3. The topological polar surface area (TPSA) is 103 Å². The van der Waals surface area contributed by atoms with Gasteiger partial charge in [0.2, 0.25) is 5.91 Å². The van der Waals surface area contributed by atoms with Gasteiger partial charge in [-0.05, 0) is 24.5 Å². The highest BCUT2D eigenvalue weighted by Crippen LogP contribution is 2.33. The van der Waals surface area contributed by atoms with Gasteiger partial charge in [0.15, 0.2) is 0 Å². The molecule has 12 heteroatoms. The molecule has 0 unspecified atom stereocenters. The van der Waals surface area contributed by atoms with Crippen molar-refractivity contribution in [1.82, 2.24) is 19.7 Å². The summed E-state index contributed by atoms with van der Waals surface area (Å²) < 4.78 is 37.1. The second-order valence-electron chi connectivity index (χ2n) is 7.72. The van der Waals surface area contributed by atoms with Crippen LogP contribution >= 0.6 is 0 Å². The number of nitrogens with zero attached hydrogens (tertiary/aromatic N) is 4. The number of aliphatic carboxylic acids is 1. The fraction of sp³-hybridized carbons (Fsp3) is 0.600. The van der Waals surface area contributed by atoms with E-state index in [9.17, 15) is 22.8 Å². The molecule has 0 aliphatic carbocycles. The van der Waals surface area contributed by atoms with Crippen LogP contribution in [-0.2, 0) is 20.9 Å². The van der Waals surface area contributed by atoms with Crippen LogP contribution in [-0.4, -0.2) is 93.8 Å². The van der Waals surface area contributed by atoms with Crippen LogP contribution in [0.5, 0.6) is 0 Å². The number of hydrogen-bond donors (Lipinski definition) is 1. The van der Waals surface area contributed by atoms with E-state index >= 15 is 0 Å². The number of carboxylic acid groups (broad SMARTS) is 1. The van der Waals surface area contributed by atoms with E-state index in [2.05, 4.69) is 4.98 Å². The van der Waals surface area contributed by atoms with Crippen molar-refractivity contribution in [3.05, 3.63) is 30.1 Å². The molecule has 4 rings (SSSR count). The van der Waals surface area contributed by atoms with Crippen molar-refractivity contribution in [3.8, 4) is 0 Å². The molecule has 4 heterocycles. The molecule has 3 aliphatic rings. The largest absolute Gasteiger partial charge is 0.490 e. The molecule has 1 aromatic rings. The monoisotopic (exact) mass is 458 g/mol. The van der Waals surface area contributed by atoms with Crippen LogP contribution in [0.15, 0.2) is 24.5 Å². The molecule has 176 valence electrons. The van der Waals surface area contributed by atoms with E-state index in [4.69, 9.17) is 14.6 Å². The normalized spacial score (nSPS) is 23.3. The number of halogens is 3. The number of carbonyl (C=O) groups excluding carboxylic acids is 2. The number of aromatic nitrogens is 1. The van der Waals surface area contributed by atoms with E-state index in [0.717, 1.165) is 24.9 Å². The highest BCUT2D eigenvalue weighted by Gasteiger charge is 2.45. The molecule has 9 nitrogen and oxygen atoms in total. The lowest BCUT2D eigenvalue weighted by molar-refractivity contribution is -0.192. The third-order valence-electron chi connectivity index (χ3n) is 5.73. The summed E-state index contributed by atoms with van der Waals surface area (Å²) in [6.07, 6.45) is 0.593. The van der Waals surface area contributed by atoms with E-state index in [1.807, 2.05) is 33.0 Å². The summed E-state index contributed by atoms with van der Waals surface area (Å²) >= 11 is 0. The Labute approximate surface area is 182 Å². The second-order valence-corrected chi connectivity index (χ2v) is 7.72. The molecular weight excluding hydrogens is 433 g/mol. The molecule has 1 N–H and O–H groups in total. The molecule has 1 aromatic heterocycles. The Morgan fingerprint density at radius 1 is 1.16 bits per heavy atom. The highest BCUT2D eigenvalue weighted by molar-refractivity contribution is 5.80. The van der Waals surface area contributed by atoms with Crippen molar-refractivity contribution >= 4 is 17.9 Å². The number of fused-ring (bicyclic) bond motifs is 1. The van der Waals surface area contributed by atoms with Gasteiger partial charge in [0.25, 0.3) is 0 Å². The predicted molar refractivity (Wildman–Crippen MR) is 104 cm³/mol. The van der Waals surface area contributed by atoms with Gasteiger partial charge >= 0.3 is 18.2 Å². The fourth-order valence-electron chi connectivity index (χ4n) is 4.22. The van der Waals surface area contributed by atoms with Crippen LogP contribution in [0.3, 0.4) is 0 Å². The first-order chi connectivity index (χ1) is 15.2. The average Bonchev–Trinajstić information content (AvgIpc) is 3.20. The number of alkyl halides is 3. The van der Waals surface area contributed by atoms with Gasteiger partial charge < -0.3 is 24.5 Å². The number of ether oxygens (including phenoxy) is 1. The Bertz CT molecular complexity index is 817. The Morgan fingerprint density at radius 3 is 2.44 bits per heavy atom. The molecule has 0 spiro atoms. The van der Waals surface area contributed by atoms with Gasteiger partial charge in [-0.2, -0.15) is 13.2 Å². The van der Waals surface area contributed by atoms with E-state index in [-0.39, 0.29) is 24.0 Å². The van der Waals surface area contributed by atoms with Gasteiger partial charge in [-0.15, -0.1) is 0 Å². The lowest BCUT2D eigenvalue weighted by atomic mass is 9.95. The van der Waals surface area contributed by atoms with Gasteiger partial charge in [0.1, 0.15) is 0 Å². The van der Waals surface area contributed by atoms with Gasteiger partial charge in [0, 0.05) is 45.0 Å². The quantitative estimate of drug-likeness (QED) is 0.724. The van der Waals surface area contributed by atoms with Crippen molar-refractivity contribution in [2.45, 2.75) is 44.1 Å². The van der Waals surface area contributed by atoms with Crippen molar-refractivity contribution in [1.29, 1.82) is 0 Å². The zero-order chi connectivity index (χ0) is 23.3. The third kappa shape index (κ3) is 5.67. The second kappa shape index (κ2) is 10.2. The first kappa shape index (κ1) is 23.8. The van der Waals surface area contributed by atoms with Crippen LogP contribution in [0.25, 0.3) is 0 Å². The van der Waals surface area contributed by atoms with Gasteiger partial charge in [-0.25, -0.2) is 9.59 Å². The highest BCUT2D eigenvalue weighted by atomic mass is 19.4. The molecule has 0 aromatic carbocycles. The number of pyridine rings is 1. The number of urea groups is 1. The van der Waals surface area contributed by atoms with Gasteiger partial charge in [0.05, 0.1) is 25.3 Å². The molecule has 3 saturated heterocycles. The minimum absolute atomic E-state index is 0.103. The Morgan fingerprint density at radius 2 is 1.84 bits per heavy atom. The minimum Gasteiger partial charge on any atom is -0.475 e. The molecular formula is C20H25F3N4O5. The van der Waals surface area contributed by atoms with Crippen LogP contribution in [0.2, 0.25) is 0 Å². The van der Waals surface area contributed by atoms with Crippen molar-refractivity contribution in [3.63, 3.8) is 0 Å². The maximum atomic E-state index is 12.9. The lowest BCUT2D eigenvalue weighted by Crippen LogP contribution is -2.56. The summed E-state index contributed by atoms with van der Waals surface area (Å²) in [5.41, 5.74) is 1.04. The predicted octanol–water partition coefficient (Wildman–Crippen LogP) is 1.73. The number of hydrogen-bond acceptors (Lipinski definition) is 5. The first-order valence-corrected chi connectivity index (χ1v) is 10.3.